The third-order valence-electron chi connectivity index (χ3n) is 6.87. The highest BCUT2D eigenvalue weighted by molar-refractivity contribution is 6.30. The first-order chi connectivity index (χ1) is 17.5. The van der Waals surface area contributed by atoms with Crippen LogP contribution in [0.3, 0.4) is 0 Å². The van der Waals surface area contributed by atoms with Gasteiger partial charge in [0.25, 0.3) is 0 Å². The molecule has 37 heavy (non-hydrogen) atoms. The molecule has 1 amide bonds. The van der Waals surface area contributed by atoms with E-state index in [0.717, 1.165) is 60.7 Å². The third kappa shape index (κ3) is 7.01. The molecule has 8 heteroatoms. The molecule has 3 aromatic rings. The van der Waals surface area contributed by atoms with E-state index in [1.54, 1.807) is 0 Å². The molecule has 0 saturated carbocycles. The Kier molecular flexibility index (Phi) is 8.42. The molecule has 1 aromatic carbocycles. The number of aromatic nitrogens is 4. The van der Waals surface area contributed by atoms with Gasteiger partial charge in [-0.1, -0.05) is 59.2 Å². The van der Waals surface area contributed by atoms with Gasteiger partial charge in [0.15, 0.2) is 5.65 Å². The summed E-state index contributed by atoms with van der Waals surface area (Å²) >= 11 is 6.27. The van der Waals surface area contributed by atoms with Gasteiger partial charge in [-0.05, 0) is 48.3 Å². The Labute approximate surface area is 226 Å². The van der Waals surface area contributed by atoms with Crippen molar-refractivity contribution in [2.45, 2.75) is 67.2 Å². The maximum absolute atomic E-state index is 13.0. The van der Waals surface area contributed by atoms with E-state index in [1.807, 2.05) is 40.0 Å². The number of nitrogens with zero attached hydrogens (tertiary/aromatic N) is 6. The van der Waals surface area contributed by atoms with Crippen LogP contribution in [0, 0.1) is 17.3 Å². The van der Waals surface area contributed by atoms with Gasteiger partial charge in [-0.15, -0.1) is 0 Å². The minimum absolute atomic E-state index is 0.236. The van der Waals surface area contributed by atoms with Crippen molar-refractivity contribution >= 4 is 34.4 Å². The Morgan fingerprint density at radius 1 is 1.08 bits per heavy atom. The normalized spacial score (nSPS) is 15.6. The third-order valence-corrected chi connectivity index (χ3v) is 7.10. The maximum atomic E-state index is 13.0. The second-order valence-corrected chi connectivity index (χ2v) is 12.5. The highest BCUT2D eigenvalue weighted by Crippen LogP contribution is 2.29. The molecule has 3 heterocycles. The summed E-state index contributed by atoms with van der Waals surface area (Å²) in [4.78, 5) is 27.2. The van der Waals surface area contributed by atoms with Crippen LogP contribution in [0.15, 0.2) is 30.5 Å². The molecule has 0 N–H and O–H groups in total. The van der Waals surface area contributed by atoms with Crippen LogP contribution in [-0.4, -0.2) is 56.7 Å². The van der Waals surface area contributed by atoms with E-state index in [0.29, 0.717) is 36.4 Å². The van der Waals surface area contributed by atoms with Crippen molar-refractivity contribution in [1.29, 1.82) is 0 Å². The summed E-state index contributed by atoms with van der Waals surface area (Å²) in [5.74, 6) is 2.94. The zero-order valence-electron chi connectivity index (χ0n) is 23.2. The lowest BCUT2D eigenvalue weighted by atomic mass is 9.84. The molecule has 0 bridgehead atoms. The van der Waals surface area contributed by atoms with Crippen molar-refractivity contribution < 1.29 is 4.79 Å². The Hall–Kier alpha value is -2.67. The van der Waals surface area contributed by atoms with E-state index in [9.17, 15) is 4.79 Å². The van der Waals surface area contributed by atoms with Crippen molar-refractivity contribution in [3.63, 3.8) is 0 Å². The first-order valence-electron chi connectivity index (χ1n) is 13.5. The quantitative estimate of drug-likeness (QED) is 0.352. The van der Waals surface area contributed by atoms with E-state index < -0.39 is 0 Å². The monoisotopic (exact) mass is 524 g/mol. The van der Waals surface area contributed by atoms with Crippen molar-refractivity contribution in [3.05, 3.63) is 41.3 Å². The van der Waals surface area contributed by atoms with Crippen LogP contribution in [0.5, 0.6) is 0 Å². The largest absolute Gasteiger partial charge is 0.352 e. The summed E-state index contributed by atoms with van der Waals surface area (Å²) in [6.45, 7) is 16.2. The fourth-order valence-corrected chi connectivity index (χ4v) is 5.40. The predicted octanol–water partition coefficient (Wildman–Crippen LogP) is 6.17. The van der Waals surface area contributed by atoms with Gasteiger partial charge in [-0.25, -0.2) is 14.6 Å². The molecule has 1 saturated heterocycles. The molecule has 1 atom stereocenters. The summed E-state index contributed by atoms with van der Waals surface area (Å²) in [5, 5.41) is 6.25. The van der Waals surface area contributed by atoms with Gasteiger partial charge in [-0.3, -0.25) is 4.79 Å². The van der Waals surface area contributed by atoms with Crippen LogP contribution in [0.25, 0.3) is 16.7 Å². The molecule has 0 unspecified atom stereocenters. The Morgan fingerprint density at radius 2 is 1.81 bits per heavy atom. The van der Waals surface area contributed by atoms with Gasteiger partial charge in [0.1, 0.15) is 11.6 Å². The standard InChI is InChI=1S/C29H41ClN6O/c1-20(2)10-11-25-32-27(24-19-31-36(28(24)33-25)23-9-7-8-22(30)17-23)35-14-12-34(13-15-35)26(37)16-21(3)18-29(4,5)6/h7-9,17,19-21H,10-16,18H2,1-6H3/t21-/m1/s1. The fourth-order valence-electron chi connectivity index (χ4n) is 5.22. The first-order valence-corrected chi connectivity index (χ1v) is 13.9. The van der Waals surface area contributed by atoms with Crippen molar-refractivity contribution in [1.82, 2.24) is 24.6 Å². The Morgan fingerprint density at radius 3 is 2.46 bits per heavy atom. The van der Waals surface area contributed by atoms with E-state index in [1.165, 1.54) is 0 Å². The van der Waals surface area contributed by atoms with Crippen LogP contribution in [0.1, 0.15) is 66.6 Å². The first kappa shape index (κ1) is 27.4. The van der Waals surface area contributed by atoms with Gasteiger partial charge in [0.05, 0.1) is 17.3 Å². The number of halogens is 1. The number of amides is 1. The lowest BCUT2D eigenvalue weighted by Crippen LogP contribution is -2.49. The van der Waals surface area contributed by atoms with E-state index in [4.69, 9.17) is 21.6 Å². The summed E-state index contributed by atoms with van der Waals surface area (Å²) in [6.07, 6.45) is 5.34. The number of benzene rings is 1. The zero-order valence-corrected chi connectivity index (χ0v) is 23.9. The minimum atomic E-state index is 0.236. The molecular weight excluding hydrogens is 484 g/mol. The molecule has 0 radical (unpaired) electrons. The smallest absolute Gasteiger partial charge is 0.222 e. The average molecular weight is 525 g/mol. The molecule has 1 aliphatic heterocycles. The summed E-state index contributed by atoms with van der Waals surface area (Å²) < 4.78 is 1.85. The molecule has 200 valence electrons. The molecular formula is C29H41ClN6O. The summed E-state index contributed by atoms with van der Waals surface area (Å²) in [7, 11) is 0. The van der Waals surface area contributed by atoms with Gasteiger partial charge in [0.2, 0.25) is 5.91 Å². The summed E-state index contributed by atoms with van der Waals surface area (Å²) in [6, 6.07) is 7.66. The van der Waals surface area contributed by atoms with Crippen molar-refractivity contribution in [3.8, 4) is 5.69 Å². The predicted molar refractivity (Wildman–Crippen MR) is 151 cm³/mol. The van der Waals surface area contributed by atoms with E-state index in [-0.39, 0.29) is 11.3 Å². The average Bonchev–Trinajstić information content (AvgIpc) is 3.25. The fraction of sp³-hybridized carbons (Fsp3) is 0.586. The molecule has 0 aliphatic carbocycles. The number of hydrogen-bond acceptors (Lipinski definition) is 5. The summed E-state index contributed by atoms with van der Waals surface area (Å²) in [5.41, 5.74) is 1.90. The molecule has 4 rings (SSSR count). The molecule has 1 aliphatic rings. The maximum Gasteiger partial charge on any atom is 0.222 e. The lowest BCUT2D eigenvalue weighted by Gasteiger charge is -2.36. The molecule has 7 nitrogen and oxygen atoms in total. The Balaban J connectivity index is 1.56. The molecule has 0 spiro atoms. The minimum Gasteiger partial charge on any atom is -0.352 e. The number of rotatable bonds is 8. The lowest BCUT2D eigenvalue weighted by molar-refractivity contribution is -0.132. The van der Waals surface area contributed by atoms with Crippen LogP contribution in [-0.2, 0) is 11.2 Å². The number of hydrogen-bond donors (Lipinski definition) is 0. The van der Waals surface area contributed by atoms with Crippen LogP contribution in [0.4, 0.5) is 5.82 Å². The number of carbonyl (C=O) groups excluding carboxylic acids is 1. The van der Waals surface area contributed by atoms with Gasteiger partial charge in [-0.2, -0.15) is 5.10 Å². The van der Waals surface area contributed by atoms with Crippen molar-refractivity contribution in [2.24, 2.45) is 17.3 Å². The van der Waals surface area contributed by atoms with Gasteiger partial charge >= 0.3 is 0 Å². The number of anilines is 1. The number of carbonyl (C=O) groups is 1. The van der Waals surface area contributed by atoms with E-state index >= 15 is 0 Å². The van der Waals surface area contributed by atoms with Crippen LogP contribution < -0.4 is 4.90 Å². The Bertz CT molecular complexity index is 1220. The second kappa shape index (κ2) is 11.4. The van der Waals surface area contributed by atoms with Crippen LogP contribution >= 0.6 is 11.6 Å². The SMILES string of the molecule is CC(C)CCc1nc(N2CCN(C(=O)C[C@@H](C)CC(C)(C)C)CC2)c2cnn(-c3cccc(Cl)c3)c2n1. The topological polar surface area (TPSA) is 67.2 Å². The van der Waals surface area contributed by atoms with Crippen molar-refractivity contribution in [2.75, 3.05) is 31.1 Å². The van der Waals surface area contributed by atoms with E-state index in [2.05, 4.69) is 51.5 Å². The van der Waals surface area contributed by atoms with Gasteiger partial charge < -0.3 is 9.80 Å². The number of fused-ring (bicyclic) bond motifs is 1. The molecule has 1 fully saturated rings. The van der Waals surface area contributed by atoms with Crippen LogP contribution in [0.2, 0.25) is 5.02 Å². The number of piperazine rings is 1. The van der Waals surface area contributed by atoms with Gasteiger partial charge in [0, 0.05) is 44.0 Å². The zero-order chi connectivity index (χ0) is 26.7. The second-order valence-electron chi connectivity index (χ2n) is 12.1. The highest BCUT2D eigenvalue weighted by atomic mass is 35.5. The highest BCUT2D eigenvalue weighted by Gasteiger charge is 2.27. The molecule has 2 aromatic heterocycles. The number of aryl methyl sites for hydroxylation is 1.